The molecule has 0 radical (unpaired) electrons. The molecule has 1 N–H and O–H groups in total. The van der Waals surface area contributed by atoms with Gasteiger partial charge in [-0.05, 0) is 19.3 Å². The first-order chi connectivity index (χ1) is 11.6. The largest absolute Gasteiger partial charge is 0.481 e. The SMILES string of the molecule is CCCCCCCC[C@H]1SC(=S)S[C@@H]1CCCCCCCC(=O)O. The maximum atomic E-state index is 10.5. The summed E-state index contributed by atoms with van der Waals surface area (Å²) >= 11 is 9.32. The second kappa shape index (κ2) is 14.4. The van der Waals surface area contributed by atoms with Crippen molar-refractivity contribution >= 4 is 45.2 Å². The minimum Gasteiger partial charge on any atom is -0.481 e. The summed E-state index contributed by atoms with van der Waals surface area (Å²) < 4.78 is 1.15. The van der Waals surface area contributed by atoms with Gasteiger partial charge in [-0.1, -0.05) is 83.3 Å². The Bertz CT molecular complexity index is 361. The Kier molecular flexibility index (Phi) is 13.4. The highest BCUT2D eigenvalue weighted by atomic mass is 32.2. The van der Waals surface area contributed by atoms with Gasteiger partial charge in [0.25, 0.3) is 0 Å². The van der Waals surface area contributed by atoms with Gasteiger partial charge >= 0.3 is 5.97 Å². The van der Waals surface area contributed by atoms with Crippen LogP contribution in [0.4, 0.5) is 0 Å². The normalized spacial score (nSPS) is 20.6. The van der Waals surface area contributed by atoms with Crippen LogP contribution in [0, 0.1) is 0 Å². The van der Waals surface area contributed by atoms with Gasteiger partial charge in [-0.15, -0.1) is 23.5 Å². The van der Waals surface area contributed by atoms with Gasteiger partial charge in [0, 0.05) is 16.9 Å². The lowest BCUT2D eigenvalue weighted by molar-refractivity contribution is -0.137. The molecule has 0 spiro atoms. The second-order valence-electron chi connectivity index (χ2n) is 6.82. The van der Waals surface area contributed by atoms with Gasteiger partial charge in [-0.2, -0.15) is 0 Å². The number of thiocarbonyl (C=S) groups is 1. The van der Waals surface area contributed by atoms with E-state index in [4.69, 9.17) is 17.3 Å². The van der Waals surface area contributed by atoms with Gasteiger partial charge in [0.1, 0.15) is 3.53 Å². The fraction of sp³-hybridized carbons (Fsp3) is 0.895. The lowest BCUT2D eigenvalue weighted by atomic mass is 10.0. The van der Waals surface area contributed by atoms with Crippen LogP contribution in [0.2, 0.25) is 0 Å². The predicted octanol–water partition coefficient (Wildman–Crippen LogP) is 7.05. The Balaban J connectivity index is 2.07. The van der Waals surface area contributed by atoms with E-state index in [-0.39, 0.29) is 0 Å². The fourth-order valence-corrected chi connectivity index (χ4v) is 6.87. The van der Waals surface area contributed by atoms with Crippen molar-refractivity contribution in [2.45, 2.75) is 107 Å². The van der Waals surface area contributed by atoms with Gasteiger partial charge < -0.3 is 5.11 Å². The van der Waals surface area contributed by atoms with E-state index in [1.807, 2.05) is 23.5 Å². The molecule has 2 atom stereocenters. The third-order valence-electron chi connectivity index (χ3n) is 4.63. The van der Waals surface area contributed by atoms with Crippen LogP contribution in [-0.4, -0.2) is 25.1 Å². The molecule has 5 heteroatoms. The van der Waals surface area contributed by atoms with E-state index in [0.717, 1.165) is 26.9 Å². The molecular weight excluding hydrogens is 356 g/mol. The van der Waals surface area contributed by atoms with E-state index in [0.29, 0.717) is 6.42 Å². The molecule has 1 rings (SSSR count). The van der Waals surface area contributed by atoms with Gasteiger partial charge in [-0.3, -0.25) is 4.79 Å². The smallest absolute Gasteiger partial charge is 0.303 e. The molecule has 0 saturated carbocycles. The fourth-order valence-electron chi connectivity index (χ4n) is 3.19. The van der Waals surface area contributed by atoms with Crippen LogP contribution >= 0.6 is 35.7 Å². The van der Waals surface area contributed by atoms with Gasteiger partial charge in [0.15, 0.2) is 0 Å². The number of thioether (sulfide) groups is 2. The number of unbranched alkanes of at least 4 members (excludes halogenated alkanes) is 9. The molecule has 0 amide bonds. The molecule has 2 nitrogen and oxygen atoms in total. The lowest BCUT2D eigenvalue weighted by Crippen LogP contribution is -2.15. The number of carbonyl (C=O) groups is 1. The van der Waals surface area contributed by atoms with Crippen LogP contribution in [0.5, 0.6) is 0 Å². The summed E-state index contributed by atoms with van der Waals surface area (Å²) in [6.45, 7) is 2.27. The zero-order chi connectivity index (χ0) is 17.6. The number of aliphatic carboxylic acids is 1. The minimum atomic E-state index is -0.666. The van der Waals surface area contributed by atoms with Crippen molar-refractivity contribution in [2.24, 2.45) is 0 Å². The maximum Gasteiger partial charge on any atom is 0.303 e. The van der Waals surface area contributed by atoms with Crippen LogP contribution in [0.3, 0.4) is 0 Å². The molecule has 0 unspecified atom stereocenters. The van der Waals surface area contributed by atoms with Crippen molar-refractivity contribution < 1.29 is 9.90 Å². The van der Waals surface area contributed by atoms with Gasteiger partial charge in [0.2, 0.25) is 0 Å². The third kappa shape index (κ3) is 11.0. The Morgan fingerprint density at radius 1 is 0.875 bits per heavy atom. The second-order valence-corrected chi connectivity index (χ2v) is 10.5. The van der Waals surface area contributed by atoms with Crippen molar-refractivity contribution in [1.29, 1.82) is 0 Å². The molecule has 1 aliphatic heterocycles. The van der Waals surface area contributed by atoms with E-state index in [2.05, 4.69) is 6.92 Å². The summed E-state index contributed by atoms with van der Waals surface area (Å²) in [5, 5.41) is 10.1. The zero-order valence-corrected chi connectivity index (χ0v) is 17.6. The first-order valence-electron chi connectivity index (χ1n) is 9.72. The molecule has 0 aliphatic carbocycles. The van der Waals surface area contributed by atoms with Crippen LogP contribution in [-0.2, 0) is 4.79 Å². The summed E-state index contributed by atoms with van der Waals surface area (Å²) in [7, 11) is 0. The number of carboxylic acids is 1. The number of carboxylic acid groups (broad SMARTS) is 1. The summed E-state index contributed by atoms with van der Waals surface area (Å²) in [6.07, 6.45) is 16.7. The Hall–Kier alpha value is 0.260. The zero-order valence-electron chi connectivity index (χ0n) is 15.1. The molecule has 0 aromatic rings. The summed E-state index contributed by atoms with van der Waals surface area (Å²) in [4.78, 5) is 10.5. The van der Waals surface area contributed by atoms with Crippen LogP contribution in [0.15, 0.2) is 0 Å². The molecule has 1 aliphatic rings. The van der Waals surface area contributed by atoms with Gasteiger partial charge in [0.05, 0.1) is 0 Å². The molecule has 0 aromatic heterocycles. The van der Waals surface area contributed by atoms with Crippen molar-refractivity contribution in [3.8, 4) is 0 Å². The maximum absolute atomic E-state index is 10.5. The first kappa shape index (κ1) is 22.3. The predicted molar refractivity (Wildman–Crippen MR) is 113 cm³/mol. The number of hydrogen-bond acceptors (Lipinski definition) is 4. The van der Waals surface area contributed by atoms with E-state index in [9.17, 15) is 4.79 Å². The van der Waals surface area contributed by atoms with E-state index in [1.165, 1.54) is 70.6 Å². The molecule has 24 heavy (non-hydrogen) atoms. The molecule has 140 valence electrons. The topological polar surface area (TPSA) is 37.3 Å². The quantitative estimate of drug-likeness (QED) is 0.239. The van der Waals surface area contributed by atoms with Crippen molar-refractivity contribution in [2.75, 3.05) is 0 Å². The summed E-state index contributed by atoms with van der Waals surface area (Å²) in [5.74, 6) is -0.666. The Labute approximate surface area is 162 Å². The highest BCUT2D eigenvalue weighted by Crippen LogP contribution is 2.44. The number of rotatable bonds is 15. The number of hydrogen-bond donors (Lipinski definition) is 1. The third-order valence-corrected chi connectivity index (χ3v) is 8.08. The van der Waals surface area contributed by atoms with E-state index < -0.39 is 5.97 Å². The van der Waals surface area contributed by atoms with Crippen LogP contribution < -0.4 is 0 Å². The molecular formula is C19H34O2S3. The van der Waals surface area contributed by atoms with E-state index >= 15 is 0 Å². The monoisotopic (exact) mass is 390 g/mol. The Morgan fingerprint density at radius 2 is 1.33 bits per heavy atom. The minimum absolute atomic E-state index is 0.323. The average molecular weight is 391 g/mol. The standard InChI is InChI=1S/C19H34O2S3/c1-2-3-4-5-7-10-13-16-17(24-19(22)23-16)14-11-8-6-9-12-15-18(20)21/h16-17H,2-15H2,1H3,(H,20,21)/t16-,17-/m1/s1. The lowest BCUT2D eigenvalue weighted by Gasteiger charge is -2.17. The molecule has 0 bridgehead atoms. The summed E-state index contributed by atoms with van der Waals surface area (Å²) in [6, 6.07) is 0. The average Bonchev–Trinajstić information content (AvgIpc) is 2.89. The van der Waals surface area contributed by atoms with Crippen LogP contribution in [0.25, 0.3) is 0 Å². The molecule has 1 heterocycles. The highest BCUT2D eigenvalue weighted by Gasteiger charge is 2.31. The van der Waals surface area contributed by atoms with E-state index in [1.54, 1.807) is 0 Å². The highest BCUT2D eigenvalue weighted by molar-refractivity contribution is 8.49. The molecule has 1 fully saturated rings. The van der Waals surface area contributed by atoms with Crippen molar-refractivity contribution in [3.05, 3.63) is 0 Å². The molecule has 1 saturated heterocycles. The molecule has 0 aromatic carbocycles. The van der Waals surface area contributed by atoms with Gasteiger partial charge in [-0.25, -0.2) is 0 Å². The van der Waals surface area contributed by atoms with Crippen molar-refractivity contribution in [1.82, 2.24) is 0 Å². The van der Waals surface area contributed by atoms with Crippen molar-refractivity contribution in [3.63, 3.8) is 0 Å². The Morgan fingerprint density at radius 3 is 1.83 bits per heavy atom. The first-order valence-corrected chi connectivity index (χ1v) is 11.9. The van der Waals surface area contributed by atoms with Crippen LogP contribution in [0.1, 0.15) is 96.8 Å². The summed E-state index contributed by atoms with van der Waals surface area (Å²) in [5.41, 5.74) is 0.